The number of carbonyl (C=O) groups is 1. The molecule has 0 aromatic rings. The highest BCUT2D eigenvalue weighted by atomic mass is 16.7. The number of rotatable bonds is 1. The summed E-state index contributed by atoms with van der Waals surface area (Å²) < 4.78 is 24.9. The fraction of sp³-hybridized carbons (Fsp3) is 0.950. The van der Waals surface area contributed by atoms with Gasteiger partial charge in [0.25, 0.3) is 0 Å². The quantitative estimate of drug-likeness (QED) is 0.537. The smallest absolute Gasteiger partial charge is 0.309 e. The molecule has 0 N–H and O–H groups in total. The molecule has 0 aromatic carbocycles. The molecule has 3 saturated carbocycles. The molecule has 7 rings (SSSR count). The van der Waals surface area contributed by atoms with Crippen LogP contribution < -0.4 is 0 Å². The van der Waals surface area contributed by atoms with Crippen molar-refractivity contribution in [3.05, 3.63) is 0 Å². The van der Waals surface area contributed by atoms with Crippen molar-refractivity contribution >= 4 is 5.97 Å². The fourth-order valence-electron chi connectivity index (χ4n) is 8.08. The molecule has 4 heterocycles. The lowest BCUT2D eigenvalue weighted by molar-refractivity contribution is -0.143. The van der Waals surface area contributed by atoms with Crippen LogP contribution in [0.2, 0.25) is 0 Å². The Morgan fingerprint density at radius 2 is 2.00 bits per heavy atom. The van der Waals surface area contributed by atoms with Crippen LogP contribution in [0.5, 0.6) is 0 Å². The van der Waals surface area contributed by atoms with E-state index in [0.29, 0.717) is 24.4 Å². The monoisotopic (exact) mass is 346 g/mol. The molecular weight excluding hydrogens is 320 g/mol. The Hall–Kier alpha value is -0.650. The van der Waals surface area contributed by atoms with E-state index in [-0.39, 0.29) is 52.4 Å². The topological polar surface area (TPSA) is 63.9 Å². The summed E-state index contributed by atoms with van der Waals surface area (Å²) in [4.78, 5) is 12.1. The normalized spacial score (nSPS) is 67.9. The van der Waals surface area contributed by atoms with Crippen LogP contribution in [0.25, 0.3) is 0 Å². The number of fused-ring (bicyclic) bond motifs is 5. The molecule has 4 aliphatic heterocycles. The molecule has 7 aliphatic rings. The van der Waals surface area contributed by atoms with Gasteiger partial charge in [0.05, 0.1) is 18.6 Å². The lowest BCUT2D eigenvalue weighted by atomic mass is 9.45. The van der Waals surface area contributed by atoms with Crippen LogP contribution in [-0.2, 0) is 23.7 Å². The van der Waals surface area contributed by atoms with Gasteiger partial charge < -0.3 is 18.9 Å². The Labute approximate surface area is 147 Å². The summed E-state index contributed by atoms with van der Waals surface area (Å²) in [5.74, 6) is 1.45. The van der Waals surface area contributed by atoms with Gasteiger partial charge in [-0.15, -0.1) is 0 Å². The van der Waals surface area contributed by atoms with Gasteiger partial charge >= 0.3 is 5.97 Å². The number of cyclic esters (lactones) is 1. The van der Waals surface area contributed by atoms with Gasteiger partial charge in [0, 0.05) is 17.8 Å². The van der Waals surface area contributed by atoms with Gasteiger partial charge in [-0.1, -0.05) is 20.8 Å². The van der Waals surface area contributed by atoms with E-state index in [2.05, 4.69) is 20.8 Å². The van der Waals surface area contributed by atoms with E-state index in [0.717, 1.165) is 25.7 Å². The summed E-state index contributed by atoms with van der Waals surface area (Å²) in [6.07, 6.45) is 4.76. The number of ether oxygens (including phenoxy) is 4. The predicted octanol–water partition coefficient (Wildman–Crippen LogP) is 2.07. The average molecular weight is 346 g/mol. The molecule has 0 aromatic heterocycles. The maximum Gasteiger partial charge on any atom is 0.309 e. The molecule has 3 aliphatic carbocycles. The van der Waals surface area contributed by atoms with E-state index in [9.17, 15) is 4.79 Å². The maximum atomic E-state index is 12.1. The van der Waals surface area contributed by atoms with Crippen molar-refractivity contribution in [2.45, 2.75) is 81.6 Å². The van der Waals surface area contributed by atoms with Crippen molar-refractivity contribution in [1.82, 2.24) is 0 Å². The largest absolute Gasteiger partial charge is 0.465 e. The third kappa shape index (κ3) is 1.22. The minimum atomic E-state index is -0.177. The number of hydrogen-bond acceptors (Lipinski definition) is 5. The van der Waals surface area contributed by atoms with Crippen molar-refractivity contribution in [3.63, 3.8) is 0 Å². The average Bonchev–Trinajstić information content (AvgIpc) is 3.45. The van der Waals surface area contributed by atoms with Crippen LogP contribution in [0.1, 0.15) is 46.5 Å². The molecule has 2 spiro atoms. The first kappa shape index (κ1) is 14.4. The molecule has 7 fully saturated rings. The zero-order valence-electron chi connectivity index (χ0n) is 15.1. The highest BCUT2D eigenvalue weighted by Gasteiger charge is 2.97. The van der Waals surface area contributed by atoms with Gasteiger partial charge in [0.15, 0.2) is 0 Å². The van der Waals surface area contributed by atoms with E-state index in [1.165, 1.54) is 0 Å². The third-order valence-corrected chi connectivity index (χ3v) is 9.53. The second kappa shape index (κ2) is 3.67. The van der Waals surface area contributed by atoms with Gasteiger partial charge in [0.1, 0.15) is 29.0 Å². The van der Waals surface area contributed by atoms with Crippen LogP contribution in [0.3, 0.4) is 0 Å². The number of hydrogen-bond donors (Lipinski definition) is 0. The molecule has 10 atom stereocenters. The minimum Gasteiger partial charge on any atom is -0.465 e. The summed E-state index contributed by atoms with van der Waals surface area (Å²) in [6.45, 7) is 7.55. The lowest BCUT2D eigenvalue weighted by Crippen LogP contribution is -2.64. The van der Waals surface area contributed by atoms with Gasteiger partial charge in [-0.05, 0) is 31.1 Å². The van der Waals surface area contributed by atoms with E-state index in [1.807, 2.05) is 0 Å². The standard InChI is InChI=1S/C20H26O5/c1-9(2)18-8-19-13(23-19)6-12-11-7-22-16(21)10(11)4-5-17(12,3)20(19)15(25-20)14(18)24-18/h9-15H,4-8H2,1-3H3/t10?,11?,12-,13-,14-,15-,17-,18-,19-,20+/m0/s1. The van der Waals surface area contributed by atoms with Crippen LogP contribution in [0, 0.1) is 29.1 Å². The van der Waals surface area contributed by atoms with Crippen LogP contribution in [0.15, 0.2) is 0 Å². The molecule has 0 radical (unpaired) electrons. The third-order valence-electron chi connectivity index (χ3n) is 9.53. The molecule has 2 unspecified atom stereocenters. The number of esters is 1. The minimum absolute atomic E-state index is 0.0216. The van der Waals surface area contributed by atoms with Gasteiger partial charge in [-0.3, -0.25) is 4.79 Å². The van der Waals surface area contributed by atoms with E-state index >= 15 is 0 Å². The molecule has 5 nitrogen and oxygen atoms in total. The Balaban J connectivity index is 1.33. The molecule has 4 saturated heterocycles. The first-order valence-corrected chi connectivity index (χ1v) is 10.1. The number of carbonyl (C=O) groups excluding carboxylic acids is 1. The summed E-state index contributed by atoms with van der Waals surface area (Å²) in [5.41, 5.74) is -0.249. The molecule has 5 heteroatoms. The second-order valence-corrected chi connectivity index (χ2v) is 10.3. The Bertz CT molecular complexity index is 721. The molecule has 0 amide bonds. The fourth-order valence-corrected chi connectivity index (χ4v) is 8.08. The van der Waals surface area contributed by atoms with Gasteiger partial charge in [-0.2, -0.15) is 0 Å². The van der Waals surface area contributed by atoms with E-state index < -0.39 is 0 Å². The Kier molecular flexibility index (Phi) is 2.12. The lowest BCUT2D eigenvalue weighted by Gasteiger charge is -2.54. The van der Waals surface area contributed by atoms with Crippen molar-refractivity contribution in [2.24, 2.45) is 29.1 Å². The summed E-state index contributed by atoms with van der Waals surface area (Å²) >= 11 is 0. The number of epoxide rings is 3. The van der Waals surface area contributed by atoms with Crippen molar-refractivity contribution in [2.75, 3.05) is 6.61 Å². The predicted molar refractivity (Wildman–Crippen MR) is 85.7 cm³/mol. The van der Waals surface area contributed by atoms with E-state index in [4.69, 9.17) is 18.9 Å². The molecule has 25 heavy (non-hydrogen) atoms. The van der Waals surface area contributed by atoms with Crippen LogP contribution in [0.4, 0.5) is 0 Å². The summed E-state index contributed by atoms with van der Waals surface area (Å²) in [6, 6.07) is 0. The SMILES string of the molecule is CC(C)[C@@]12C[C@]34O[C@H]3C[C@H]3C5COC(=O)C5CC[C@]3(C)[C@@]43O[C@H]3[C@@H]1O2. The van der Waals surface area contributed by atoms with Crippen LogP contribution in [-0.4, -0.2) is 47.7 Å². The highest BCUT2D eigenvalue weighted by molar-refractivity contribution is 5.75. The summed E-state index contributed by atoms with van der Waals surface area (Å²) in [5, 5.41) is 0. The Morgan fingerprint density at radius 3 is 2.80 bits per heavy atom. The van der Waals surface area contributed by atoms with Gasteiger partial charge in [-0.25, -0.2) is 0 Å². The zero-order chi connectivity index (χ0) is 17.0. The second-order valence-electron chi connectivity index (χ2n) is 10.3. The molecule has 0 bridgehead atoms. The maximum absolute atomic E-state index is 12.1. The van der Waals surface area contributed by atoms with E-state index in [1.54, 1.807) is 0 Å². The first-order chi connectivity index (χ1) is 11.9. The van der Waals surface area contributed by atoms with Crippen LogP contribution >= 0.6 is 0 Å². The summed E-state index contributed by atoms with van der Waals surface area (Å²) in [7, 11) is 0. The van der Waals surface area contributed by atoms with Crippen molar-refractivity contribution in [3.8, 4) is 0 Å². The highest BCUT2D eigenvalue weighted by Crippen LogP contribution is 2.83. The van der Waals surface area contributed by atoms with Crippen molar-refractivity contribution in [1.29, 1.82) is 0 Å². The Morgan fingerprint density at radius 1 is 1.16 bits per heavy atom. The van der Waals surface area contributed by atoms with Crippen molar-refractivity contribution < 1.29 is 23.7 Å². The molecule has 136 valence electrons. The zero-order valence-corrected chi connectivity index (χ0v) is 15.1. The first-order valence-electron chi connectivity index (χ1n) is 10.1. The molecular formula is C20H26O5. The van der Waals surface area contributed by atoms with Gasteiger partial charge in [0.2, 0.25) is 0 Å².